The van der Waals surface area contributed by atoms with E-state index in [-0.39, 0.29) is 5.69 Å². The normalized spacial score (nSPS) is 10.4. The van der Waals surface area contributed by atoms with Crippen LogP contribution in [0.2, 0.25) is 0 Å². The molecule has 0 saturated carbocycles. The van der Waals surface area contributed by atoms with Crippen molar-refractivity contribution in [2.45, 2.75) is 13.5 Å². The van der Waals surface area contributed by atoms with Gasteiger partial charge in [0.15, 0.2) is 5.82 Å². The highest BCUT2D eigenvalue weighted by Crippen LogP contribution is 2.22. The van der Waals surface area contributed by atoms with Gasteiger partial charge in [-0.25, -0.2) is 13.8 Å². The van der Waals surface area contributed by atoms with Crippen molar-refractivity contribution in [1.82, 2.24) is 4.98 Å². The van der Waals surface area contributed by atoms with Crippen LogP contribution in [0.1, 0.15) is 10.6 Å². The number of benzene rings is 1. The van der Waals surface area contributed by atoms with E-state index in [0.717, 1.165) is 5.01 Å². The summed E-state index contributed by atoms with van der Waals surface area (Å²) in [7, 11) is 0. The summed E-state index contributed by atoms with van der Waals surface area (Å²) in [6, 6.07) is 2.67. The number of aromatic nitrogens is 1. The highest BCUT2D eigenvalue weighted by Gasteiger charge is 2.11. The lowest BCUT2D eigenvalue weighted by Gasteiger charge is -2.08. The second kappa shape index (κ2) is 4.57. The van der Waals surface area contributed by atoms with Gasteiger partial charge in [0.1, 0.15) is 16.5 Å². The molecule has 0 amide bonds. The number of nitrogens with one attached hydrogen (secondary N) is 1. The van der Waals surface area contributed by atoms with E-state index < -0.39 is 11.6 Å². The Labute approximate surface area is 96.0 Å². The van der Waals surface area contributed by atoms with Crippen LogP contribution in [0.4, 0.5) is 14.5 Å². The zero-order valence-corrected chi connectivity index (χ0v) is 9.44. The topological polar surface area (TPSA) is 24.9 Å². The molecule has 84 valence electrons. The molecule has 0 fully saturated rings. The van der Waals surface area contributed by atoms with E-state index >= 15 is 0 Å². The maximum absolute atomic E-state index is 13.6. The first-order valence-electron chi connectivity index (χ1n) is 4.75. The summed E-state index contributed by atoms with van der Waals surface area (Å²) in [5, 5.41) is 5.33. The Morgan fingerprint density at radius 2 is 2.19 bits per heavy atom. The third-order valence-electron chi connectivity index (χ3n) is 2.18. The molecule has 0 aliphatic rings. The summed E-state index contributed by atoms with van der Waals surface area (Å²) in [5.41, 5.74) is 0.332. The highest BCUT2D eigenvalue weighted by atomic mass is 32.1. The molecule has 0 radical (unpaired) electrons. The van der Waals surface area contributed by atoms with Crippen LogP contribution >= 0.6 is 11.3 Å². The fourth-order valence-electron chi connectivity index (χ4n) is 1.32. The molecule has 0 atom stereocenters. The van der Waals surface area contributed by atoms with E-state index in [0.29, 0.717) is 12.1 Å². The molecule has 1 aromatic heterocycles. The first-order valence-corrected chi connectivity index (χ1v) is 5.63. The van der Waals surface area contributed by atoms with Gasteiger partial charge in [-0.1, -0.05) is 6.07 Å². The Kier molecular flexibility index (Phi) is 3.14. The SMILES string of the molecule is Cc1ccc(F)c(NCc2nccs2)c1F. The molecule has 0 aliphatic heterocycles. The predicted molar refractivity (Wildman–Crippen MR) is 60.5 cm³/mol. The zero-order valence-electron chi connectivity index (χ0n) is 8.63. The molecule has 1 aromatic carbocycles. The van der Waals surface area contributed by atoms with Crippen molar-refractivity contribution in [3.05, 3.63) is 45.9 Å². The van der Waals surface area contributed by atoms with Crippen molar-refractivity contribution in [2.24, 2.45) is 0 Å². The molecule has 0 aliphatic carbocycles. The van der Waals surface area contributed by atoms with Crippen LogP contribution in [-0.2, 0) is 6.54 Å². The van der Waals surface area contributed by atoms with E-state index in [4.69, 9.17) is 0 Å². The van der Waals surface area contributed by atoms with Crippen molar-refractivity contribution in [3.8, 4) is 0 Å². The maximum Gasteiger partial charge on any atom is 0.152 e. The van der Waals surface area contributed by atoms with E-state index in [1.54, 1.807) is 13.1 Å². The van der Waals surface area contributed by atoms with Gasteiger partial charge in [-0.3, -0.25) is 0 Å². The minimum absolute atomic E-state index is 0.0878. The van der Waals surface area contributed by atoms with Gasteiger partial charge in [0.2, 0.25) is 0 Å². The first kappa shape index (κ1) is 11.0. The highest BCUT2D eigenvalue weighted by molar-refractivity contribution is 7.09. The van der Waals surface area contributed by atoms with Gasteiger partial charge in [-0.15, -0.1) is 11.3 Å². The fourth-order valence-corrected chi connectivity index (χ4v) is 1.88. The van der Waals surface area contributed by atoms with E-state index in [1.165, 1.54) is 23.5 Å². The second-order valence-electron chi connectivity index (χ2n) is 3.33. The van der Waals surface area contributed by atoms with Gasteiger partial charge in [-0.2, -0.15) is 0 Å². The van der Waals surface area contributed by atoms with Gasteiger partial charge in [-0.05, 0) is 18.6 Å². The molecule has 0 saturated heterocycles. The van der Waals surface area contributed by atoms with Crippen molar-refractivity contribution < 1.29 is 8.78 Å². The van der Waals surface area contributed by atoms with Crippen molar-refractivity contribution >= 4 is 17.0 Å². The second-order valence-corrected chi connectivity index (χ2v) is 4.31. The lowest BCUT2D eigenvalue weighted by Crippen LogP contribution is -2.04. The summed E-state index contributed by atoms with van der Waals surface area (Å²) in [6.45, 7) is 1.93. The van der Waals surface area contributed by atoms with Gasteiger partial charge >= 0.3 is 0 Å². The molecule has 0 spiro atoms. The lowest BCUT2D eigenvalue weighted by atomic mass is 10.2. The number of anilines is 1. The molecule has 0 bridgehead atoms. The number of aryl methyl sites for hydroxylation is 1. The molecular weight excluding hydrogens is 230 g/mol. The van der Waals surface area contributed by atoms with Crippen LogP contribution in [0, 0.1) is 18.6 Å². The van der Waals surface area contributed by atoms with Gasteiger partial charge < -0.3 is 5.32 Å². The predicted octanol–water partition coefficient (Wildman–Crippen LogP) is 3.34. The Morgan fingerprint density at radius 1 is 1.38 bits per heavy atom. The quantitative estimate of drug-likeness (QED) is 0.890. The van der Waals surface area contributed by atoms with E-state index in [1.807, 2.05) is 5.38 Å². The van der Waals surface area contributed by atoms with Crippen LogP contribution in [0.25, 0.3) is 0 Å². The van der Waals surface area contributed by atoms with Crippen molar-refractivity contribution in [1.29, 1.82) is 0 Å². The Hall–Kier alpha value is -1.49. The van der Waals surface area contributed by atoms with Gasteiger partial charge in [0.05, 0.1) is 6.54 Å². The third kappa shape index (κ3) is 2.19. The zero-order chi connectivity index (χ0) is 11.5. The van der Waals surface area contributed by atoms with Crippen LogP contribution in [0.15, 0.2) is 23.7 Å². The Bertz CT molecular complexity index is 483. The third-order valence-corrected chi connectivity index (χ3v) is 2.96. The Balaban J connectivity index is 2.18. The van der Waals surface area contributed by atoms with Crippen LogP contribution < -0.4 is 5.32 Å². The molecule has 1 N–H and O–H groups in total. The number of hydrogen-bond donors (Lipinski definition) is 1. The minimum atomic E-state index is -0.584. The number of halogens is 2. The molecule has 0 unspecified atom stereocenters. The summed E-state index contributed by atoms with van der Waals surface area (Å²) in [4.78, 5) is 4.02. The Morgan fingerprint density at radius 3 is 2.88 bits per heavy atom. The minimum Gasteiger partial charge on any atom is -0.374 e. The number of hydrogen-bond acceptors (Lipinski definition) is 3. The molecule has 16 heavy (non-hydrogen) atoms. The number of rotatable bonds is 3. The van der Waals surface area contributed by atoms with Crippen molar-refractivity contribution in [3.63, 3.8) is 0 Å². The monoisotopic (exact) mass is 240 g/mol. The van der Waals surface area contributed by atoms with Gasteiger partial charge in [0.25, 0.3) is 0 Å². The standard InChI is InChI=1S/C11H10F2N2S/c1-7-2-3-8(12)11(10(7)13)15-6-9-14-4-5-16-9/h2-5,15H,6H2,1H3. The van der Waals surface area contributed by atoms with Gasteiger partial charge in [0, 0.05) is 11.6 Å². The fraction of sp³-hybridized carbons (Fsp3) is 0.182. The smallest absolute Gasteiger partial charge is 0.152 e. The molecule has 2 nitrogen and oxygen atoms in total. The van der Waals surface area contributed by atoms with E-state index in [2.05, 4.69) is 10.3 Å². The molecule has 5 heteroatoms. The van der Waals surface area contributed by atoms with E-state index in [9.17, 15) is 8.78 Å². The molecular formula is C11H10F2N2S. The largest absolute Gasteiger partial charge is 0.374 e. The van der Waals surface area contributed by atoms with Crippen LogP contribution in [-0.4, -0.2) is 4.98 Å². The summed E-state index contributed by atoms with van der Waals surface area (Å²) < 4.78 is 26.9. The summed E-state index contributed by atoms with van der Waals surface area (Å²) in [6.07, 6.45) is 1.66. The van der Waals surface area contributed by atoms with Crippen LogP contribution in [0.5, 0.6) is 0 Å². The first-order chi connectivity index (χ1) is 7.68. The molecule has 2 rings (SSSR count). The summed E-state index contributed by atoms with van der Waals surface area (Å²) >= 11 is 1.44. The summed E-state index contributed by atoms with van der Waals surface area (Å²) in [5.74, 6) is -1.13. The maximum atomic E-state index is 13.6. The molecule has 1 heterocycles. The average Bonchev–Trinajstić information content (AvgIpc) is 2.77. The number of nitrogens with zero attached hydrogens (tertiary/aromatic N) is 1. The van der Waals surface area contributed by atoms with Crippen LogP contribution in [0.3, 0.4) is 0 Å². The lowest BCUT2D eigenvalue weighted by molar-refractivity contribution is 0.582. The number of thiazole rings is 1. The van der Waals surface area contributed by atoms with Crippen molar-refractivity contribution in [2.75, 3.05) is 5.32 Å². The molecule has 2 aromatic rings. The average molecular weight is 240 g/mol.